The van der Waals surface area contributed by atoms with Gasteiger partial charge in [-0.2, -0.15) is 0 Å². The lowest BCUT2D eigenvalue weighted by atomic mass is 9.90. The minimum atomic E-state index is 0.0867. The van der Waals surface area contributed by atoms with Crippen molar-refractivity contribution < 1.29 is 4.79 Å². The van der Waals surface area contributed by atoms with Crippen LogP contribution in [0.5, 0.6) is 0 Å². The Bertz CT molecular complexity index is 410. The highest BCUT2D eigenvalue weighted by atomic mass is 79.9. The van der Waals surface area contributed by atoms with Gasteiger partial charge in [0.1, 0.15) is 5.69 Å². The monoisotopic (exact) mass is 313 g/mol. The molecule has 0 spiro atoms. The highest BCUT2D eigenvalue weighted by molar-refractivity contribution is 9.10. The van der Waals surface area contributed by atoms with Crippen LogP contribution in [-0.2, 0) is 0 Å². The summed E-state index contributed by atoms with van der Waals surface area (Å²) in [6, 6.07) is 2.48. The van der Waals surface area contributed by atoms with Crippen molar-refractivity contribution in [3.05, 3.63) is 22.4 Å². The molecule has 1 aromatic rings. The smallest absolute Gasteiger partial charge is 0.270 e. The predicted molar refractivity (Wildman–Crippen MR) is 75.4 cm³/mol. The van der Waals surface area contributed by atoms with Crippen molar-refractivity contribution in [3.63, 3.8) is 0 Å². The van der Waals surface area contributed by atoms with Crippen molar-refractivity contribution in [2.24, 2.45) is 5.73 Å². The van der Waals surface area contributed by atoms with Gasteiger partial charge in [0, 0.05) is 29.3 Å². The number of H-pyrrole nitrogens is 1. The first-order chi connectivity index (χ1) is 8.61. The summed E-state index contributed by atoms with van der Waals surface area (Å²) in [5, 5.41) is 0. The molecule has 0 bridgehead atoms. The van der Waals surface area contributed by atoms with Crippen molar-refractivity contribution >= 4 is 21.8 Å². The molecule has 100 valence electrons. The number of nitrogens with one attached hydrogen (secondary N) is 1. The van der Waals surface area contributed by atoms with Crippen LogP contribution in [0.2, 0.25) is 0 Å². The van der Waals surface area contributed by atoms with Crippen LogP contribution >= 0.6 is 15.9 Å². The number of hydrogen-bond acceptors (Lipinski definition) is 2. The van der Waals surface area contributed by atoms with Gasteiger partial charge in [0.15, 0.2) is 0 Å². The van der Waals surface area contributed by atoms with Crippen LogP contribution in [0.4, 0.5) is 0 Å². The Labute approximate surface area is 116 Å². The maximum atomic E-state index is 12.4. The van der Waals surface area contributed by atoms with Crippen molar-refractivity contribution in [2.75, 3.05) is 6.54 Å². The molecule has 18 heavy (non-hydrogen) atoms. The molecule has 0 saturated heterocycles. The van der Waals surface area contributed by atoms with Crippen molar-refractivity contribution in [3.8, 4) is 0 Å². The summed E-state index contributed by atoms with van der Waals surface area (Å²) in [6.45, 7) is 2.78. The third kappa shape index (κ3) is 2.95. The first kappa shape index (κ1) is 13.6. The molecule has 1 heterocycles. The minimum absolute atomic E-state index is 0.0867. The highest BCUT2D eigenvalue weighted by Gasteiger charge is 2.27. The molecular weight excluding hydrogens is 294 g/mol. The molecule has 5 heteroatoms. The van der Waals surface area contributed by atoms with E-state index in [2.05, 4.69) is 20.9 Å². The fourth-order valence-corrected chi connectivity index (χ4v) is 2.97. The van der Waals surface area contributed by atoms with Crippen LogP contribution in [0.1, 0.15) is 43.1 Å². The third-order valence-electron chi connectivity index (χ3n) is 3.66. The zero-order chi connectivity index (χ0) is 13.1. The van der Waals surface area contributed by atoms with Crippen LogP contribution < -0.4 is 5.73 Å². The first-order valence-electron chi connectivity index (χ1n) is 6.52. The summed E-state index contributed by atoms with van der Waals surface area (Å²) in [7, 11) is 0. The van der Waals surface area contributed by atoms with Gasteiger partial charge in [-0.25, -0.2) is 0 Å². The molecule has 4 nitrogen and oxygen atoms in total. The maximum absolute atomic E-state index is 12.4. The number of nitrogens with two attached hydrogens (primary N) is 1. The van der Waals surface area contributed by atoms with Gasteiger partial charge in [-0.05, 0) is 54.6 Å². The number of rotatable bonds is 3. The van der Waals surface area contributed by atoms with Crippen molar-refractivity contribution in [2.45, 2.75) is 44.7 Å². The average molecular weight is 314 g/mol. The SMILES string of the molecule is CCN(C(=O)c1cc(Br)c[nH]1)C1CCC(N)CC1. The zero-order valence-corrected chi connectivity index (χ0v) is 12.2. The standard InChI is InChI=1S/C13H20BrN3O/c1-2-17(11-5-3-10(15)4-6-11)13(18)12-7-9(14)8-16-12/h7-8,10-11,16H,2-6,15H2,1H3. The number of carbonyl (C=O) groups is 1. The van der Waals surface area contributed by atoms with E-state index < -0.39 is 0 Å². The molecule has 0 unspecified atom stereocenters. The van der Waals surface area contributed by atoms with Gasteiger partial charge in [-0.15, -0.1) is 0 Å². The lowest BCUT2D eigenvalue weighted by molar-refractivity contribution is 0.0635. The largest absolute Gasteiger partial charge is 0.356 e. The number of hydrogen-bond donors (Lipinski definition) is 2. The molecular formula is C13H20BrN3O. The zero-order valence-electron chi connectivity index (χ0n) is 10.7. The Hall–Kier alpha value is -0.810. The van der Waals surface area contributed by atoms with Gasteiger partial charge in [-0.3, -0.25) is 4.79 Å². The van der Waals surface area contributed by atoms with E-state index in [0.29, 0.717) is 17.8 Å². The quantitative estimate of drug-likeness (QED) is 0.900. The molecule has 1 saturated carbocycles. The van der Waals surface area contributed by atoms with E-state index in [-0.39, 0.29) is 5.91 Å². The van der Waals surface area contributed by atoms with Gasteiger partial charge in [0.25, 0.3) is 5.91 Å². The summed E-state index contributed by atoms with van der Waals surface area (Å²) < 4.78 is 0.910. The normalized spacial score (nSPS) is 23.9. The second-order valence-corrected chi connectivity index (χ2v) is 5.81. The second kappa shape index (κ2) is 5.89. The van der Waals surface area contributed by atoms with E-state index >= 15 is 0 Å². The van der Waals surface area contributed by atoms with Crippen LogP contribution in [0.3, 0.4) is 0 Å². The van der Waals surface area contributed by atoms with Crippen LogP contribution in [-0.4, -0.2) is 34.4 Å². The molecule has 1 aliphatic carbocycles. The van der Waals surface area contributed by atoms with E-state index in [1.165, 1.54) is 0 Å². The van der Waals surface area contributed by atoms with E-state index in [9.17, 15) is 4.79 Å². The Morgan fingerprint density at radius 3 is 2.67 bits per heavy atom. The second-order valence-electron chi connectivity index (χ2n) is 4.89. The van der Waals surface area contributed by atoms with E-state index in [4.69, 9.17) is 5.73 Å². The summed E-state index contributed by atoms with van der Waals surface area (Å²) in [5.74, 6) is 0.0867. The summed E-state index contributed by atoms with van der Waals surface area (Å²) in [4.78, 5) is 17.4. The van der Waals surface area contributed by atoms with Gasteiger partial charge in [0.2, 0.25) is 0 Å². The predicted octanol–water partition coefficient (Wildman–Crippen LogP) is 2.51. The van der Waals surface area contributed by atoms with Gasteiger partial charge in [-0.1, -0.05) is 0 Å². The number of amides is 1. The number of halogens is 1. The molecule has 2 rings (SSSR count). The van der Waals surface area contributed by atoms with E-state index in [1.54, 1.807) is 6.20 Å². The van der Waals surface area contributed by atoms with E-state index in [0.717, 1.165) is 36.7 Å². The Balaban J connectivity index is 2.06. The molecule has 0 aliphatic heterocycles. The molecule has 1 fully saturated rings. The first-order valence-corrected chi connectivity index (χ1v) is 7.31. The van der Waals surface area contributed by atoms with E-state index in [1.807, 2.05) is 17.9 Å². The molecule has 1 amide bonds. The Morgan fingerprint density at radius 2 is 2.17 bits per heavy atom. The molecule has 3 N–H and O–H groups in total. The number of aromatic nitrogens is 1. The van der Waals surface area contributed by atoms with Crippen molar-refractivity contribution in [1.29, 1.82) is 0 Å². The number of nitrogens with zero attached hydrogens (tertiary/aromatic N) is 1. The number of carbonyl (C=O) groups excluding carboxylic acids is 1. The Morgan fingerprint density at radius 1 is 1.50 bits per heavy atom. The number of aromatic amines is 1. The fourth-order valence-electron chi connectivity index (χ4n) is 2.63. The topological polar surface area (TPSA) is 62.1 Å². The van der Waals surface area contributed by atoms with Crippen molar-refractivity contribution in [1.82, 2.24) is 9.88 Å². The summed E-state index contributed by atoms with van der Waals surface area (Å²) >= 11 is 3.36. The van der Waals surface area contributed by atoms with Gasteiger partial charge >= 0.3 is 0 Å². The fraction of sp³-hybridized carbons (Fsp3) is 0.615. The summed E-state index contributed by atoms with van der Waals surface area (Å²) in [6.07, 6.45) is 5.86. The average Bonchev–Trinajstić information content (AvgIpc) is 2.79. The van der Waals surface area contributed by atoms with Crippen LogP contribution in [0, 0.1) is 0 Å². The molecule has 1 aliphatic rings. The van der Waals surface area contributed by atoms with Gasteiger partial charge < -0.3 is 15.6 Å². The molecule has 0 aromatic carbocycles. The maximum Gasteiger partial charge on any atom is 0.270 e. The highest BCUT2D eigenvalue weighted by Crippen LogP contribution is 2.23. The lowest BCUT2D eigenvalue weighted by Gasteiger charge is -2.35. The molecule has 0 atom stereocenters. The summed E-state index contributed by atoms with van der Waals surface area (Å²) in [5.41, 5.74) is 6.56. The molecule has 1 aromatic heterocycles. The van der Waals surface area contributed by atoms with Crippen LogP contribution in [0.25, 0.3) is 0 Å². The minimum Gasteiger partial charge on any atom is -0.356 e. The Kier molecular flexibility index (Phi) is 4.45. The van der Waals surface area contributed by atoms with Crippen LogP contribution in [0.15, 0.2) is 16.7 Å². The van der Waals surface area contributed by atoms with Gasteiger partial charge in [0.05, 0.1) is 0 Å². The lowest BCUT2D eigenvalue weighted by Crippen LogP contribution is -2.44. The molecule has 0 radical (unpaired) electrons. The third-order valence-corrected chi connectivity index (χ3v) is 4.12.